The minimum absolute atomic E-state index is 0.187. The maximum Gasteiger partial charge on any atom is 0.258 e. The highest BCUT2D eigenvalue weighted by molar-refractivity contribution is 6.09. The number of piperidine rings is 2. The molecular formula is C29H37F2N3O3. The summed E-state index contributed by atoms with van der Waals surface area (Å²) in [7, 11) is 0. The fourth-order valence-electron chi connectivity index (χ4n) is 5.11. The first-order valence-corrected chi connectivity index (χ1v) is 13.2. The summed E-state index contributed by atoms with van der Waals surface area (Å²) in [5.74, 6) is -0.599. The highest BCUT2D eigenvalue weighted by atomic mass is 19.1. The number of alkyl halides is 1. The number of hydrogen-bond donors (Lipinski definition) is 2. The van der Waals surface area contributed by atoms with Gasteiger partial charge in [0.2, 0.25) is 5.91 Å². The molecule has 2 aliphatic heterocycles. The average Bonchev–Trinajstić information content (AvgIpc) is 2.88. The van der Waals surface area contributed by atoms with E-state index in [2.05, 4.69) is 15.5 Å². The third-order valence-electron chi connectivity index (χ3n) is 7.06. The van der Waals surface area contributed by atoms with Crippen LogP contribution in [0.3, 0.4) is 0 Å². The van der Waals surface area contributed by atoms with Gasteiger partial charge in [0.1, 0.15) is 17.2 Å². The lowest BCUT2D eigenvalue weighted by Crippen LogP contribution is -2.48. The Hall–Kier alpha value is -2.84. The molecule has 2 heterocycles. The van der Waals surface area contributed by atoms with Crippen LogP contribution in [0, 0.1) is 11.7 Å². The van der Waals surface area contributed by atoms with Crippen LogP contribution < -0.4 is 15.4 Å². The van der Waals surface area contributed by atoms with Crippen molar-refractivity contribution >= 4 is 11.8 Å². The fraction of sp³-hybridized carbons (Fsp3) is 0.517. The molecule has 0 radical (unpaired) electrons. The van der Waals surface area contributed by atoms with Gasteiger partial charge in [0, 0.05) is 12.1 Å². The highest BCUT2D eigenvalue weighted by Crippen LogP contribution is 2.30. The predicted molar refractivity (Wildman–Crippen MR) is 140 cm³/mol. The minimum Gasteiger partial charge on any atom is -0.493 e. The first kappa shape index (κ1) is 27.2. The summed E-state index contributed by atoms with van der Waals surface area (Å²) in [5, 5.41) is 5.64. The quantitative estimate of drug-likeness (QED) is 0.500. The van der Waals surface area contributed by atoms with E-state index in [1.54, 1.807) is 50.2 Å². The molecule has 200 valence electrons. The Morgan fingerprint density at radius 2 is 1.84 bits per heavy atom. The molecule has 1 atom stereocenters. The zero-order chi connectivity index (χ0) is 26.4. The van der Waals surface area contributed by atoms with E-state index < -0.39 is 23.4 Å². The van der Waals surface area contributed by atoms with E-state index in [0.717, 1.165) is 45.3 Å². The summed E-state index contributed by atoms with van der Waals surface area (Å²) >= 11 is 0. The molecule has 0 bridgehead atoms. The number of benzene rings is 2. The maximum atomic E-state index is 14.6. The van der Waals surface area contributed by atoms with Crippen LogP contribution in [-0.2, 0) is 4.79 Å². The van der Waals surface area contributed by atoms with Crippen molar-refractivity contribution in [3.63, 3.8) is 0 Å². The molecule has 4 rings (SSSR count). The Kier molecular flexibility index (Phi) is 8.92. The van der Waals surface area contributed by atoms with Crippen molar-refractivity contribution in [1.82, 2.24) is 15.5 Å². The molecule has 0 aromatic heterocycles. The normalized spacial score (nSPS) is 19.4. The smallest absolute Gasteiger partial charge is 0.258 e. The first-order valence-electron chi connectivity index (χ1n) is 13.2. The van der Waals surface area contributed by atoms with Crippen molar-refractivity contribution < 1.29 is 23.1 Å². The first-order chi connectivity index (χ1) is 17.7. The van der Waals surface area contributed by atoms with Crippen LogP contribution >= 0.6 is 0 Å². The molecule has 2 aromatic carbocycles. The molecule has 0 spiro atoms. The van der Waals surface area contributed by atoms with Gasteiger partial charge in [0.25, 0.3) is 5.91 Å². The summed E-state index contributed by atoms with van der Waals surface area (Å²) in [6.07, 6.45) is 4.40. The number of rotatable bonds is 8. The number of carbonyl (C=O) groups is 2. The van der Waals surface area contributed by atoms with E-state index in [1.165, 1.54) is 6.07 Å². The van der Waals surface area contributed by atoms with E-state index in [1.807, 2.05) is 0 Å². The molecule has 8 heteroatoms. The van der Waals surface area contributed by atoms with Crippen molar-refractivity contribution in [2.24, 2.45) is 5.92 Å². The second-order valence-electron chi connectivity index (χ2n) is 10.8. The summed E-state index contributed by atoms with van der Waals surface area (Å²) in [6.45, 7) is 6.46. The predicted octanol–water partition coefficient (Wildman–Crippen LogP) is 4.73. The van der Waals surface area contributed by atoms with Gasteiger partial charge in [-0.25, -0.2) is 8.78 Å². The van der Waals surface area contributed by atoms with E-state index in [9.17, 15) is 18.4 Å². The van der Waals surface area contributed by atoms with Crippen molar-refractivity contribution in [3.8, 4) is 16.9 Å². The SMILES string of the molecule is CC(C)(F)CN1CCC(COc2ccc(-c3ccccc3F)c(C(=O)NC(=O)[C@@H]3CCCCN3)c2)CC1. The van der Waals surface area contributed by atoms with Crippen molar-refractivity contribution in [2.45, 2.75) is 57.7 Å². The van der Waals surface area contributed by atoms with Gasteiger partial charge in [-0.15, -0.1) is 0 Å². The van der Waals surface area contributed by atoms with Gasteiger partial charge in [-0.05, 0) is 94.9 Å². The fourth-order valence-corrected chi connectivity index (χ4v) is 5.11. The number of nitrogens with zero attached hydrogens (tertiary/aromatic N) is 1. The second kappa shape index (κ2) is 12.1. The molecule has 2 aliphatic rings. The topological polar surface area (TPSA) is 70.7 Å². The van der Waals surface area contributed by atoms with Gasteiger partial charge in [-0.2, -0.15) is 0 Å². The Labute approximate surface area is 217 Å². The van der Waals surface area contributed by atoms with Gasteiger partial charge in [0.15, 0.2) is 0 Å². The Morgan fingerprint density at radius 3 is 2.51 bits per heavy atom. The van der Waals surface area contributed by atoms with Crippen LogP contribution in [0.5, 0.6) is 5.75 Å². The second-order valence-corrected chi connectivity index (χ2v) is 10.8. The maximum absolute atomic E-state index is 14.6. The number of imide groups is 1. The lowest BCUT2D eigenvalue weighted by Gasteiger charge is -2.34. The zero-order valence-electron chi connectivity index (χ0n) is 21.7. The summed E-state index contributed by atoms with van der Waals surface area (Å²) in [4.78, 5) is 28.1. The van der Waals surface area contributed by atoms with E-state index in [-0.39, 0.29) is 17.0 Å². The third-order valence-corrected chi connectivity index (χ3v) is 7.06. The monoisotopic (exact) mass is 513 g/mol. The molecule has 37 heavy (non-hydrogen) atoms. The number of nitrogens with one attached hydrogen (secondary N) is 2. The Morgan fingerprint density at radius 1 is 1.08 bits per heavy atom. The van der Waals surface area contributed by atoms with Gasteiger partial charge in [0.05, 0.1) is 18.2 Å². The van der Waals surface area contributed by atoms with E-state index >= 15 is 0 Å². The minimum atomic E-state index is -1.21. The van der Waals surface area contributed by atoms with Gasteiger partial charge in [-0.3, -0.25) is 14.9 Å². The van der Waals surface area contributed by atoms with Crippen LogP contribution in [0.4, 0.5) is 8.78 Å². The molecule has 2 fully saturated rings. The van der Waals surface area contributed by atoms with Crippen molar-refractivity contribution in [3.05, 3.63) is 53.8 Å². The molecule has 0 saturated carbocycles. The number of carbonyl (C=O) groups excluding carboxylic acids is 2. The number of likely N-dealkylation sites (tertiary alicyclic amines) is 1. The number of hydrogen-bond acceptors (Lipinski definition) is 5. The number of ether oxygens (including phenoxy) is 1. The van der Waals surface area contributed by atoms with E-state index in [4.69, 9.17) is 4.74 Å². The lowest BCUT2D eigenvalue weighted by molar-refractivity contribution is -0.122. The van der Waals surface area contributed by atoms with Crippen LogP contribution in [0.1, 0.15) is 56.3 Å². The van der Waals surface area contributed by atoms with Crippen molar-refractivity contribution in [2.75, 3.05) is 32.8 Å². The summed E-state index contributed by atoms with van der Waals surface area (Å²) < 4.78 is 34.6. The molecule has 2 aromatic rings. The summed E-state index contributed by atoms with van der Waals surface area (Å²) in [5.41, 5.74) is -0.346. The largest absolute Gasteiger partial charge is 0.493 e. The van der Waals surface area contributed by atoms with Crippen LogP contribution in [0.25, 0.3) is 11.1 Å². The number of halogens is 2. The van der Waals surface area contributed by atoms with Crippen LogP contribution in [-0.4, -0.2) is 61.2 Å². The van der Waals surface area contributed by atoms with Crippen LogP contribution in [0.15, 0.2) is 42.5 Å². The van der Waals surface area contributed by atoms with Gasteiger partial charge < -0.3 is 15.0 Å². The molecule has 6 nitrogen and oxygen atoms in total. The molecule has 2 amide bonds. The molecule has 0 aliphatic carbocycles. The highest BCUT2D eigenvalue weighted by Gasteiger charge is 2.27. The zero-order valence-corrected chi connectivity index (χ0v) is 21.7. The van der Waals surface area contributed by atoms with Crippen molar-refractivity contribution in [1.29, 1.82) is 0 Å². The van der Waals surface area contributed by atoms with Gasteiger partial charge >= 0.3 is 0 Å². The molecular weight excluding hydrogens is 476 g/mol. The summed E-state index contributed by atoms with van der Waals surface area (Å²) in [6, 6.07) is 10.8. The third kappa shape index (κ3) is 7.58. The van der Waals surface area contributed by atoms with Crippen LogP contribution in [0.2, 0.25) is 0 Å². The van der Waals surface area contributed by atoms with E-state index in [0.29, 0.717) is 36.8 Å². The average molecular weight is 514 g/mol. The number of amides is 2. The molecule has 2 N–H and O–H groups in total. The molecule has 2 saturated heterocycles. The lowest BCUT2D eigenvalue weighted by atomic mass is 9.96. The molecule has 0 unspecified atom stereocenters. The van der Waals surface area contributed by atoms with Gasteiger partial charge in [-0.1, -0.05) is 24.6 Å². The Bertz CT molecular complexity index is 1090. The Balaban J connectivity index is 1.46. The standard InChI is InChI=1S/C29H37F2N3O3/c1-29(2,31)19-34-15-12-20(13-16-34)18-37-21-10-11-22(23-7-3-4-8-25(23)30)24(17-21)27(35)33-28(36)26-9-5-6-14-32-26/h3-4,7-8,10-11,17,20,26,32H,5-6,9,12-16,18-19H2,1-2H3,(H,33,35,36)/t26-/m0/s1.